The van der Waals surface area contributed by atoms with Gasteiger partial charge in [-0.1, -0.05) is 25.1 Å². The van der Waals surface area contributed by atoms with Crippen LogP contribution in [-0.2, 0) is 6.54 Å². The van der Waals surface area contributed by atoms with E-state index in [0.29, 0.717) is 18.0 Å². The molecule has 118 valence electrons. The Labute approximate surface area is 131 Å². The van der Waals surface area contributed by atoms with Gasteiger partial charge in [0.2, 0.25) is 0 Å². The third-order valence-electron chi connectivity index (χ3n) is 3.60. The van der Waals surface area contributed by atoms with Gasteiger partial charge in [-0.15, -0.1) is 5.10 Å². The lowest BCUT2D eigenvalue weighted by molar-refractivity contribution is 0.0919. The van der Waals surface area contributed by atoms with E-state index >= 15 is 0 Å². The second-order valence-corrected chi connectivity index (χ2v) is 5.89. The summed E-state index contributed by atoms with van der Waals surface area (Å²) < 4.78 is 1.74. The van der Waals surface area contributed by atoms with Crippen molar-refractivity contribution in [3.63, 3.8) is 0 Å². The van der Waals surface area contributed by atoms with Crippen molar-refractivity contribution in [2.45, 2.75) is 26.4 Å². The number of nitrogens with zero attached hydrogens (tertiary/aromatic N) is 4. The Bertz CT molecular complexity index is 607. The van der Waals surface area contributed by atoms with Crippen molar-refractivity contribution in [3.8, 4) is 0 Å². The molecule has 2 aromatic rings. The third kappa shape index (κ3) is 4.07. The molecule has 0 aliphatic carbocycles. The summed E-state index contributed by atoms with van der Waals surface area (Å²) >= 11 is 0. The molecule has 0 unspecified atom stereocenters. The van der Waals surface area contributed by atoms with Crippen LogP contribution >= 0.6 is 0 Å². The molecule has 0 saturated heterocycles. The normalized spacial score (nSPS) is 12.2. The number of aromatic nitrogens is 3. The van der Waals surface area contributed by atoms with Crippen LogP contribution in [0.15, 0.2) is 36.7 Å². The molecule has 1 amide bonds. The summed E-state index contributed by atoms with van der Waals surface area (Å²) in [6.45, 7) is 4.77. The van der Waals surface area contributed by atoms with E-state index in [1.807, 2.05) is 43.3 Å². The Kier molecular flexibility index (Phi) is 5.14. The van der Waals surface area contributed by atoms with Crippen molar-refractivity contribution in [1.29, 1.82) is 0 Å². The highest BCUT2D eigenvalue weighted by Gasteiger charge is 2.18. The van der Waals surface area contributed by atoms with Crippen LogP contribution in [-0.4, -0.2) is 41.0 Å². The summed E-state index contributed by atoms with van der Waals surface area (Å²) in [6, 6.07) is 7.59. The summed E-state index contributed by atoms with van der Waals surface area (Å²) in [4.78, 5) is 14.5. The van der Waals surface area contributed by atoms with Crippen molar-refractivity contribution in [1.82, 2.24) is 20.3 Å². The van der Waals surface area contributed by atoms with Gasteiger partial charge >= 0.3 is 0 Å². The predicted octanol–water partition coefficient (Wildman–Crippen LogP) is 1.80. The molecule has 0 fully saturated rings. The minimum Gasteiger partial charge on any atom is -0.378 e. The highest BCUT2D eigenvalue weighted by molar-refractivity contribution is 5.95. The van der Waals surface area contributed by atoms with Gasteiger partial charge < -0.3 is 10.2 Å². The summed E-state index contributed by atoms with van der Waals surface area (Å²) in [5.41, 5.74) is 1.67. The van der Waals surface area contributed by atoms with Gasteiger partial charge in [0.25, 0.3) is 5.91 Å². The van der Waals surface area contributed by atoms with Crippen LogP contribution in [0.25, 0.3) is 0 Å². The van der Waals surface area contributed by atoms with Gasteiger partial charge in [-0.2, -0.15) is 0 Å². The van der Waals surface area contributed by atoms with E-state index < -0.39 is 0 Å². The van der Waals surface area contributed by atoms with Gasteiger partial charge in [0.05, 0.1) is 18.8 Å². The second kappa shape index (κ2) is 7.06. The maximum Gasteiger partial charge on any atom is 0.251 e. The van der Waals surface area contributed by atoms with Gasteiger partial charge in [0.1, 0.15) is 0 Å². The molecule has 1 N–H and O–H groups in total. The van der Waals surface area contributed by atoms with Crippen molar-refractivity contribution >= 4 is 11.6 Å². The molecule has 1 aromatic heterocycles. The van der Waals surface area contributed by atoms with Crippen molar-refractivity contribution in [3.05, 3.63) is 42.2 Å². The van der Waals surface area contributed by atoms with E-state index in [0.717, 1.165) is 5.69 Å². The van der Waals surface area contributed by atoms with E-state index in [9.17, 15) is 4.79 Å². The van der Waals surface area contributed by atoms with Crippen molar-refractivity contribution < 1.29 is 4.79 Å². The molecule has 0 bridgehead atoms. The fourth-order valence-electron chi connectivity index (χ4n) is 2.13. The average molecular weight is 301 g/mol. The lowest BCUT2D eigenvalue weighted by Gasteiger charge is -2.22. The number of hydrogen-bond donors (Lipinski definition) is 1. The maximum atomic E-state index is 12.5. The predicted molar refractivity (Wildman–Crippen MR) is 86.9 cm³/mol. The maximum absolute atomic E-state index is 12.5. The zero-order valence-corrected chi connectivity index (χ0v) is 13.5. The van der Waals surface area contributed by atoms with Crippen molar-refractivity contribution in [2.24, 2.45) is 5.92 Å². The first-order valence-corrected chi connectivity index (χ1v) is 7.39. The number of hydrogen-bond acceptors (Lipinski definition) is 4. The Morgan fingerprint density at radius 2 is 2.14 bits per heavy atom. The zero-order valence-electron chi connectivity index (χ0n) is 13.5. The molecule has 1 aromatic carbocycles. The quantitative estimate of drug-likeness (QED) is 0.883. The molecule has 0 aliphatic heterocycles. The molecule has 2 rings (SSSR count). The first kappa shape index (κ1) is 16.0. The summed E-state index contributed by atoms with van der Waals surface area (Å²) in [5, 5.41) is 10.9. The fraction of sp³-hybridized carbons (Fsp3) is 0.438. The van der Waals surface area contributed by atoms with Crippen LogP contribution in [0.4, 0.5) is 5.69 Å². The fourth-order valence-corrected chi connectivity index (χ4v) is 2.13. The van der Waals surface area contributed by atoms with Gasteiger partial charge in [-0.25, -0.2) is 0 Å². The number of carbonyl (C=O) groups excluding carboxylic acids is 1. The summed E-state index contributed by atoms with van der Waals surface area (Å²) in [6.07, 6.45) is 3.44. The molecule has 0 aliphatic rings. The molecule has 0 spiro atoms. The topological polar surface area (TPSA) is 63.1 Å². The van der Waals surface area contributed by atoms with Crippen LogP contribution in [0.2, 0.25) is 0 Å². The molecule has 0 saturated carbocycles. The van der Waals surface area contributed by atoms with Gasteiger partial charge in [-0.3, -0.25) is 9.48 Å². The number of benzene rings is 1. The average Bonchev–Trinajstić information content (AvgIpc) is 2.99. The third-order valence-corrected chi connectivity index (χ3v) is 3.60. The molecular weight excluding hydrogens is 278 g/mol. The van der Waals surface area contributed by atoms with Crippen LogP contribution in [0, 0.1) is 5.92 Å². The lowest BCUT2D eigenvalue weighted by atomic mass is 10.0. The summed E-state index contributed by atoms with van der Waals surface area (Å²) in [7, 11) is 3.91. The number of nitrogens with one attached hydrogen (secondary N) is 1. The highest BCUT2D eigenvalue weighted by atomic mass is 16.1. The van der Waals surface area contributed by atoms with Gasteiger partial charge in [0, 0.05) is 31.5 Å². The number of carbonyl (C=O) groups is 1. The first-order chi connectivity index (χ1) is 10.5. The van der Waals surface area contributed by atoms with E-state index in [-0.39, 0.29) is 11.9 Å². The monoisotopic (exact) mass is 301 g/mol. The Balaban J connectivity index is 2.09. The minimum absolute atomic E-state index is 0.00258. The SMILES string of the molecule is CC(C)[C@H](Cn1ccnn1)NC(=O)c1cccc(N(C)C)c1. The summed E-state index contributed by atoms with van der Waals surface area (Å²) in [5.74, 6) is 0.229. The van der Waals surface area contributed by atoms with Crippen LogP contribution in [0.1, 0.15) is 24.2 Å². The smallest absolute Gasteiger partial charge is 0.251 e. The number of amides is 1. The molecule has 6 heteroatoms. The second-order valence-electron chi connectivity index (χ2n) is 5.89. The highest BCUT2D eigenvalue weighted by Crippen LogP contribution is 2.14. The number of rotatable bonds is 6. The van der Waals surface area contributed by atoms with Crippen LogP contribution in [0.3, 0.4) is 0 Å². The molecular formula is C16H23N5O. The largest absolute Gasteiger partial charge is 0.378 e. The molecule has 0 radical (unpaired) electrons. The Morgan fingerprint density at radius 1 is 1.36 bits per heavy atom. The van der Waals surface area contributed by atoms with E-state index in [1.54, 1.807) is 17.1 Å². The van der Waals surface area contributed by atoms with E-state index in [1.165, 1.54) is 0 Å². The lowest BCUT2D eigenvalue weighted by Crippen LogP contribution is -2.41. The van der Waals surface area contributed by atoms with E-state index in [4.69, 9.17) is 0 Å². The molecule has 6 nitrogen and oxygen atoms in total. The van der Waals surface area contributed by atoms with Gasteiger partial charge in [0.15, 0.2) is 0 Å². The van der Waals surface area contributed by atoms with Crippen LogP contribution < -0.4 is 10.2 Å². The Hall–Kier alpha value is -2.37. The van der Waals surface area contributed by atoms with Crippen LogP contribution in [0.5, 0.6) is 0 Å². The molecule has 22 heavy (non-hydrogen) atoms. The minimum atomic E-state index is -0.0671. The number of anilines is 1. The van der Waals surface area contributed by atoms with Crippen molar-refractivity contribution in [2.75, 3.05) is 19.0 Å². The van der Waals surface area contributed by atoms with E-state index in [2.05, 4.69) is 29.5 Å². The van der Waals surface area contributed by atoms with Gasteiger partial charge in [-0.05, 0) is 24.1 Å². The molecule has 1 atom stereocenters. The first-order valence-electron chi connectivity index (χ1n) is 7.39. The zero-order chi connectivity index (χ0) is 16.1. The standard InChI is InChI=1S/C16H23N5O/c1-12(2)15(11-21-9-8-17-19-21)18-16(22)13-6-5-7-14(10-13)20(3)4/h5-10,12,15H,11H2,1-4H3,(H,18,22)/t15-/m0/s1. The Morgan fingerprint density at radius 3 is 2.73 bits per heavy atom. The molecule has 1 heterocycles.